The maximum absolute atomic E-state index is 13.2. The van der Waals surface area contributed by atoms with Gasteiger partial charge in [-0.15, -0.1) is 0 Å². The van der Waals surface area contributed by atoms with Crippen LogP contribution in [0.3, 0.4) is 0 Å². The Kier molecular flexibility index (Phi) is 35.7. The van der Waals surface area contributed by atoms with Crippen molar-refractivity contribution in [2.75, 3.05) is 13.1 Å². The highest BCUT2D eigenvalue weighted by Crippen LogP contribution is 2.38. The van der Waals surface area contributed by atoms with Crippen molar-refractivity contribution in [3.05, 3.63) is 360 Å². The maximum atomic E-state index is 13.2. The molecule has 0 atom stereocenters. The Labute approximate surface area is 840 Å². The van der Waals surface area contributed by atoms with Gasteiger partial charge in [0.25, 0.3) is 64.3 Å². The van der Waals surface area contributed by atoms with Crippen molar-refractivity contribution in [1.82, 2.24) is 50.6 Å². The molecule has 34 nitrogen and oxygen atoms in total. The van der Waals surface area contributed by atoms with Crippen molar-refractivity contribution in [3.63, 3.8) is 0 Å². The maximum Gasteiger partial charge on any atom is 0.408 e. The number of halogens is 1. The molecule has 0 spiro atoms. The van der Waals surface area contributed by atoms with Crippen molar-refractivity contribution in [3.8, 4) is 23.0 Å². The molecular formula is C111H99ClN10O24. The molecule has 7 N–H and O–H groups in total. The highest BCUT2D eigenvalue weighted by Gasteiger charge is 2.32. The Morgan fingerprint density at radius 1 is 0.342 bits per heavy atom. The van der Waals surface area contributed by atoms with Gasteiger partial charge in [-0.1, -0.05) is 170 Å². The van der Waals surface area contributed by atoms with Gasteiger partial charge in [0.15, 0.2) is 0 Å². The summed E-state index contributed by atoms with van der Waals surface area (Å²) in [5.74, 6) is -3.39. The number of ketones is 1. The first kappa shape index (κ1) is 106. The van der Waals surface area contributed by atoms with Crippen LogP contribution in [0, 0.1) is 0 Å². The number of rotatable bonds is 22. The van der Waals surface area contributed by atoms with Crippen molar-refractivity contribution in [2.45, 2.75) is 107 Å². The Hall–Kier alpha value is -18.6. The number of Topliss-reactive ketones (excluding diaryl/α,β-unsaturated/α-hetero) is 1. The van der Waals surface area contributed by atoms with Gasteiger partial charge in [-0.05, 0) is 167 Å². The second-order valence-corrected chi connectivity index (χ2v) is 34.9. The molecule has 744 valence electrons. The summed E-state index contributed by atoms with van der Waals surface area (Å²) in [6.45, 7) is 16.9. The monoisotopic (exact) mass is 1990 g/mol. The fraction of sp³-hybridized carbons (Fsp3) is 0.162. The standard InChI is InChI=1S/C26H25N3O6.C26H18N2O4.C21H16N2O4.C19H14N2O3.C8H15NO3.C7H5ClO.C4H6O3/c1-26(2,3)35-25(33)27-13-23(31)29-14-20(19-12-22(30)28-24(19)32)18-11-17(9-10-21(18)29)34-15-16-7-5-4-6-8-16;29-24-14-21(25(30)27-24)22-15-28(26(31)18-9-5-2-6-10-18)23-12-11-19(13-20(22)23)32-16-17-7-3-1-4-8-17;1-13(24)23-11-18(17-10-20(25)22-21(17)26)16-9-15(7-8-19(16)23)27-12-14-5-3-2-4-6-14;22-18-9-15(19(23)21-18)16-10-20-17-7-6-13(8-14(16)17)24-11-12-4-2-1-3-5-12;1-6(10)5-9-7(11)12-8(2,3)4;8-7(9)6-4-2-1-3-5-6;1-3(5)7-4(2)6/h4-12,14H,13,15H2,1-3H3,(H,27,33)(H,28,30,32);1-15H,16H2,(H,27,29,30);2-11H,12H2,1H3,(H,22,25,26);1-10,20H,11H2,(H,21,22,23);5H2,1-4H3,(H,9,11);1-5H;1-2H3. The minimum Gasteiger partial charge on any atom is -0.489 e. The number of amides is 10. The highest BCUT2D eigenvalue weighted by atomic mass is 35.5. The summed E-state index contributed by atoms with van der Waals surface area (Å²) in [4.78, 5) is 200. The second-order valence-electron chi connectivity index (χ2n) is 34.5. The van der Waals surface area contributed by atoms with Crippen LogP contribution in [0.25, 0.3) is 65.9 Å². The number of aromatic amines is 1. The first-order valence-electron chi connectivity index (χ1n) is 45.2. The van der Waals surface area contributed by atoms with Crippen molar-refractivity contribution in [2.24, 2.45) is 0 Å². The molecule has 10 amide bonds. The number of aromatic nitrogens is 4. The first-order valence-corrected chi connectivity index (χ1v) is 45.6. The quantitative estimate of drug-likeness (QED) is 0.0109. The van der Waals surface area contributed by atoms with E-state index in [0.717, 1.165) is 33.2 Å². The fourth-order valence-electron chi connectivity index (χ4n) is 14.5. The summed E-state index contributed by atoms with van der Waals surface area (Å²) in [5.41, 5.74) is 9.69. The number of fused-ring (bicyclic) bond motifs is 4. The minimum absolute atomic E-state index is 0.0227. The molecule has 0 saturated carbocycles. The van der Waals surface area contributed by atoms with Gasteiger partial charge in [0.2, 0.25) is 5.91 Å². The lowest BCUT2D eigenvalue weighted by molar-refractivity contribution is -0.156. The second kappa shape index (κ2) is 49.0. The molecule has 0 saturated heterocycles. The first-order chi connectivity index (χ1) is 69.7. The number of hydrogen-bond acceptors (Lipinski definition) is 24. The fourth-order valence-corrected chi connectivity index (χ4v) is 14.7. The highest BCUT2D eigenvalue weighted by molar-refractivity contribution is 6.67. The lowest BCUT2D eigenvalue weighted by Crippen LogP contribution is -2.36. The number of esters is 2. The van der Waals surface area contributed by atoms with Crippen LogP contribution in [0.5, 0.6) is 23.0 Å². The largest absolute Gasteiger partial charge is 0.489 e. The number of nitrogens with one attached hydrogen (secondary N) is 7. The molecule has 0 fully saturated rings. The predicted octanol–water partition coefficient (Wildman–Crippen LogP) is 16.3. The van der Waals surface area contributed by atoms with E-state index in [1.54, 1.807) is 163 Å². The summed E-state index contributed by atoms with van der Waals surface area (Å²) in [6, 6.07) is 78.1. The topological polar surface area (TPSA) is 458 Å². The molecule has 4 aromatic heterocycles. The molecule has 0 aliphatic carbocycles. The normalized spacial score (nSPS) is 12.7. The zero-order chi connectivity index (χ0) is 105. The molecule has 4 aliphatic rings. The van der Waals surface area contributed by atoms with Gasteiger partial charge < -0.3 is 48.8 Å². The number of hydrogen-bond donors (Lipinski definition) is 7. The van der Waals surface area contributed by atoms with E-state index < -0.39 is 81.9 Å². The molecule has 0 unspecified atom stereocenters. The van der Waals surface area contributed by atoms with E-state index >= 15 is 0 Å². The van der Waals surface area contributed by atoms with Crippen molar-refractivity contribution < 1.29 is 115 Å². The molecule has 14 aromatic rings. The molecule has 146 heavy (non-hydrogen) atoms. The van der Waals surface area contributed by atoms with Crippen LogP contribution in [-0.2, 0) is 93.4 Å². The van der Waals surface area contributed by atoms with Gasteiger partial charge >= 0.3 is 24.1 Å². The minimum atomic E-state index is -0.720. The summed E-state index contributed by atoms with van der Waals surface area (Å²) < 4.78 is 41.9. The zero-order valence-electron chi connectivity index (χ0n) is 80.6. The number of benzene rings is 10. The van der Waals surface area contributed by atoms with Crippen LogP contribution < -0.4 is 50.8 Å². The van der Waals surface area contributed by atoms with Crippen LogP contribution in [0.4, 0.5) is 9.59 Å². The number of H-pyrrole nitrogens is 1. The third kappa shape index (κ3) is 30.0. The Bertz CT molecular complexity index is 7500. The molecule has 10 aromatic carbocycles. The molecule has 0 bridgehead atoms. The van der Waals surface area contributed by atoms with Crippen LogP contribution in [-0.4, -0.2) is 143 Å². The number of imide groups is 4. The summed E-state index contributed by atoms with van der Waals surface area (Å²) in [5, 5.41) is 16.1. The summed E-state index contributed by atoms with van der Waals surface area (Å²) in [6.07, 6.45) is 10.1. The van der Waals surface area contributed by atoms with E-state index in [1.165, 1.54) is 71.9 Å². The van der Waals surface area contributed by atoms with Gasteiger partial charge in [0.1, 0.15) is 73.0 Å². The molecule has 0 radical (unpaired) electrons. The lowest BCUT2D eigenvalue weighted by Gasteiger charge is -2.19. The van der Waals surface area contributed by atoms with Gasteiger partial charge in [-0.3, -0.25) is 107 Å². The third-order valence-corrected chi connectivity index (χ3v) is 21.2. The van der Waals surface area contributed by atoms with Crippen LogP contribution in [0.1, 0.15) is 144 Å². The van der Waals surface area contributed by atoms with E-state index in [0.29, 0.717) is 121 Å². The molecule has 35 heteroatoms. The molecule has 8 heterocycles. The van der Waals surface area contributed by atoms with Crippen LogP contribution in [0.15, 0.2) is 304 Å². The van der Waals surface area contributed by atoms with E-state index in [-0.39, 0.29) is 59.2 Å². The van der Waals surface area contributed by atoms with E-state index in [4.69, 9.17) is 40.0 Å². The van der Waals surface area contributed by atoms with Gasteiger partial charge in [0, 0.05) is 130 Å². The SMILES string of the molecule is CC(=O)CNC(=O)OC(C)(C)C.CC(=O)OC(C)=O.CC(=O)n1cc(C2=CC(=O)NC2=O)c2cc(OCc3ccccc3)ccc21.CC(C)(C)OC(=O)NCC(=O)n1cc(C2=CC(=O)NC2=O)c2cc(OCc3ccccc3)ccc21.O=C(Cl)c1ccccc1.O=C1C=C(c2c[nH]c3ccc(OCc4ccccc4)cc23)C(=O)N1.O=C1C=C(c2cn(C(=O)c3ccccc3)c3ccc(OCc4ccccc4)cc23)C(=O)N1. The average molecular weight is 1990 g/mol. The number of ether oxygens (including phenoxy) is 7. The lowest BCUT2D eigenvalue weighted by atomic mass is 10.1. The summed E-state index contributed by atoms with van der Waals surface area (Å²) in [7, 11) is 0. The van der Waals surface area contributed by atoms with Crippen molar-refractivity contribution in [1.29, 1.82) is 0 Å². The van der Waals surface area contributed by atoms with Gasteiger partial charge in [-0.25, -0.2) is 9.59 Å². The van der Waals surface area contributed by atoms with Crippen molar-refractivity contribution >= 4 is 178 Å². The van der Waals surface area contributed by atoms with Crippen LogP contribution in [0.2, 0.25) is 0 Å². The Morgan fingerprint density at radius 2 is 0.644 bits per heavy atom. The molecular weight excluding hydrogens is 1890 g/mol. The number of alkyl carbamates (subject to hydrolysis) is 2. The van der Waals surface area contributed by atoms with Gasteiger partial charge in [-0.2, -0.15) is 0 Å². The van der Waals surface area contributed by atoms with E-state index in [1.807, 2.05) is 152 Å². The molecule has 4 aliphatic heterocycles. The van der Waals surface area contributed by atoms with Gasteiger partial charge in [0.05, 0.1) is 45.4 Å². The third-order valence-electron chi connectivity index (χ3n) is 21.0. The number of carbonyl (C=O) groups is 17. The predicted molar refractivity (Wildman–Crippen MR) is 543 cm³/mol. The Morgan fingerprint density at radius 3 is 0.952 bits per heavy atom. The smallest absolute Gasteiger partial charge is 0.408 e. The average Bonchev–Trinajstić information content (AvgIpc) is 1.54. The number of carbonyl (C=O) groups excluding carboxylic acids is 17. The van der Waals surface area contributed by atoms with E-state index in [2.05, 4.69) is 41.6 Å². The van der Waals surface area contributed by atoms with E-state index in [9.17, 15) is 81.5 Å². The van der Waals surface area contributed by atoms with Crippen LogP contribution >= 0.6 is 11.6 Å². The zero-order valence-corrected chi connectivity index (χ0v) is 81.4. The Balaban J connectivity index is 0.000000160. The summed E-state index contributed by atoms with van der Waals surface area (Å²) >= 11 is 5.16. The number of nitrogens with zero attached hydrogens (tertiary/aromatic N) is 3. The molecule has 18 rings (SSSR count).